The zero-order chi connectivity index (χ0) is 7.56. The van der Waals surface area contributed by atoms with E-state index >= 15 is 0 Å². The first-order valence-corrected chi connectivity index (χ1v) is 4.04. The molecular weight excluding hydrogens is 124 g/mol. The van der Waals surface area contributed by atoms with E-state index in [2.05, 4.69) is 13.5 Å². The number of allylic oxidation sites excluding steroid dienone is 1. The number of hydrogen-bond donors (Lipinski definition) is 1. The Bertz CT molecular complexity index is 110. The molecule has 1 rings (SSSR count). The summed E-state index contributed by atoms with van der Waals surface area (Å²) in [5, 5.41) is 9.44. The summed E-state index contributed by atoms with van der Waals surface area (Å²) in [4.78, 5) is 0. The Balaban J connectivity index is 2.45. The molecule has 0 spiro atoms. The molecule has 0 heterocycles. The Labute approximate surface area is 62.8 Å². The van der Waals surface area contributed by atoms with Crippen LogP contribution >= 0.6 is 0 Å². The van der Waals surface area contributed by atoms with Crippen molar-refractivity contribution in [2.75, 3.05) is 0 Å². The fraction of sp³-hybridized carbons (Fsp3) is 0.778. The first-order chi connectivity index (χ1) is 4.75. The largest absolute Gasteiger partial charge is 0.393 e. The summed E-state index contributed by atoms with van der Waals surface area (Å²) in [7, 11) is 0. The molecule has 58 valence electrons. The molecule has 0 bridgehead atoms. The van der Waals surface area contributed by atoms with Crippen molar-refractivity contribution in [3.8, 4) is 0 Å². The van der Waals surface area contributed by atoms with E-state index in [9.17, 15) is 5.11 Å². The summed E-state index contributed by atoms with van der Waals surface area (Å²) in [5.41, 5.74) is 0. The van der Waals surface area contributed by atoms with E-state index in [0.29, 0.717) is 11.8 Å². The second-order valence-corrected chi connectivity index (χ2v) is 3.31. The fourth-order valence-corrected chi connectivity index (χ4v) is 1.82. The van der Waals surface area contributed by atoms with Crippen molar-refractivity contribution < 1.29 is 5.11 Å². The Hall–Kier alpha value is -0.300. The lowest BCUT2D eigenvalue weighted by atomic mass is 9.93. The molecule has 1 aliphatic carbocycles. The van der Waals surface area contributed by atoms with Gasteiger partial charge in [-0.3, -0.25) is 0 Å². The van der Waals surface area contributed by atoms with E-state index in [1.54, 1.807) is 0 Å². The topological polar surface area (TPSA) is 20.2 Å². The van der Waals surface area contributed by atoms with Crippen LogP contribution in [-0.4, -0.2) is 11.2 Å². The third-order valence-electron chi connectivity index (χ3n) is 2.58. The number of hydrogen-bond acceptors (Lipinski definition) is 1. The maximum absolute atomic E-state index is 9.44. The van der Waals surface area contributed by atoms with Gasteiger partial charge in [0.1, 0.15) is 0 Å². The van der Waals surface area contributed by atoms with Gasteiger partial charge in [-0.1, -0.05) is 13.0 Å². The maximum atomic E-state index is 9.44. The summed E-state index contributed by atoms with van der Waals surface area (Å²) in [6.45, 7) is 5.89. The summed E-state index contributed by atoms with van der Waals surface area (Å²) < 4.78 is 0. The minimum atomic E-state index is -0.0620. The number of rotatable bonds is 2. The van der Waals surface area contributed by atoms with Crippen LogP contribution in [0.15, 0.2) is 12.7 Å². The van der Waals surface area contributed by atoms with Crippen LogP contribution in [0.1, 0.15) is 26.2 Å². The predicted molar refractivity (Wildman–Crippen MR) is 42.7 cm³/mol. The molecule has 1 fully saturated rings. The Morgan fingerprint density at radius 3 is 2.70 bits per heavy atom. The first-order valence-electron chi connectivity index (χ1n) is 4.04. The van der Waals surface area contributed by atoms with Crippen molar-refractivity contribution >= 4 is 0 Å². The lowest BCUT2D eigenvalue weighted by Gasteiger charge is -2.15. The van der Waals surface area contributed by atoms with Crippen LogP contribution in [0, 0.1) is 11.8 Å². The maximum Gasteiger partial charge on any atom is 0.0574 e. The molecule has 10 heavy (non-hydrogen) atoms. The molecule has 0 radical (unpaired) electrons. The van der Waals surface area contributed by atoms with Gasteiger partial charge >= 0.3 is 0 Å². The van der Waals surface area contributed by atoms with Gasteiger partial charge in [0.2, 0.25) is 0 Å². The van der Waals surface area contributed by atoms with Crippen LogP contribution in [0.3, 0.4) is 0 Å². The Morgan fingerprint density at radius 2 is 2.30 bits per heavy atom. The number of aliphatic hydroxyl groups is 1. The summed E-state index contributed by atoms with van der Waals surface area (Å²) >= 11 is 0. The summed E-state index contributed by atoms with van der Waals surface area (Å²) in [6, 6.07) is 0. The smallest absolute Gasteiger partial charge is 0.0574 e. The third kappa shape index (κ3) is 1.40. The van der Waals surface area contributed by atoms with Crippen LogP contribution in [0.25, 0.3) is 0 Å². The highest BCUT2D eigenvalue weighted by molar-refractivity contribution is 4.86. The zero-order valence-corrected chi connectivity index (χ0v) is 6.59. The standard InChI is InChI=1S/C9H16O/c1-3-4-8-7(2)5-6-9(8)10/h3,7-10H,1,4-6H2,2H3/t7-,8-,9+/m0/s1. The van der Waals surface area contributed by atoms with E-state index in [1.165, 1.54) is 6.42 Å². The highest BCUT2D eigenvalue weighted by Gasteiger charge is 2.30. The van der Waals surface area contributed by atoms with E-state index in [0.717, 1.165) is 12.8 Å². The molecule has 0 unspecified atom stereocenters. The molecule has 0 aromatic carbocycles. The summed E-state index contributed by atoms with van der Waals surface area (Å²) in [6.07, 6.45) is 4.99. The quantitative estimate of drug-likeness (QED) is 0.581. The molecule has 0 aliphatic heterocycles. The van der Waals surface area contributed by atoms with E-state index in [1.807, 2.05) is 6.08 Å². The van der Waals surface area contributed by atoms with Crippen molar-refractivity contribution in [1.82, 2.24) is 0 Å². The highest BCUT2D eigenvalue weighted by atomic mass is 16.3. The molecule has 0 aromatic heterocycles. The average Bonchev–Trinajstić information content (AvgIpc) is 2.20. The van der Waals surface area contributed by atoms with Crippen LogP contribution in [-0.2, 0) is 0 Å². The zero-order valence-electron chi connectivity index (χ0n) is 6.59. The van der Waals surface area contributed by atoms with Crippen molar-refractivity contribution in [3.05, 3.63) is 12.7 Å². The van der Waals surface area contributed by atoms with Crippen molar-refractivity contribution in [2.24, 2.45) is 11.8 Å². The van der Waals surface area contributed by atoms with E-state index in [-0.39, 0.29) is 6.10 Å². The Morgan fingerprint density at radius 1 is 1.60 bits per heavy atom. The van der Waals surface area contributed by atoms with Gasteiger partial charge in [0.15, 0.2) is 0 Å². The van der Waals surface area contributed by atoms with Gasteiger partial charge in [-0.25, -0.2) is 0 Å². The van der Waals surface area contributed by atoms with Gasteiger partial charge in [0, 0.05) is 0 Å². The van der Waals surface area contributed by atoms with Crippen molar-refractivity contribution in [3.63, 3.8) is 0 Å². The minimum Gasteiger partial charge on any atom is -0.393 e. The molecule has 1 heteroatoms. The predicted octanol–water partition coefficient (Wildman–Crippen LogP) is 1.97. The molecule has 1 saturated carbocycles. The van der Waals surface area contributed by atoms with Crippen molar-refractivity contribution in [2.45, 2.75) is 32.3 Å². The minimum absolute atomic E-state index is 0.0620. The van der Waals surface area contributed by atoms with Crippen LogP contribution in [0.4, 0.5) is 0 Å². The van der Waals surface area contributed by atoms with Gasteiger partial charge < -0.3 is 5.11 Å². The molecule has 3 atom stereocenters. The highest BCUT2D eigenvalue weighted by Crippen LogP contribution is 2.33. The summed E-state index contributed by atoms with van der Waals surface area (Å²) in [5.74, 6) is 1.17. The fourth-order valence-electron chi connectivity index (χ4n) is 1.82. The van der Waals surface area contributed by atoms with Crippen LogP contribution in [0.5, 0.6) is 0 Å². The lowest BCUT2D eigenvalue weighted by molar-refractivity contribution is 0.122. The van der Waals surface area contributed by atoms with Gasteiger partial charge in [0.05, 0.1) is 6.10 Å². The van der Waals surface area contributed by atoms with E-state index < -0.39 is 0 Å². The van der Waals surface area contributed by atoms with Gasteiger partial charge in [-0.15, -0.1) is 6.58 Å². The Kier molecular flexibility index (Phi) is 2.50. The molecule has 0 amide bonds. The SMILES string of the molecule is C=CC[C@@H]1[C@H](O)CC[C@@H]1C. The molecule has 1 N–H and O–H groups in total. The lowest BCUT2D eigenvalue weighted by Crippen LogP contribution is -2.16. The molecule has 1 aliphatic rings. The van der Waals surface area contributed by atoms with Crippen LogP contribution in [0.2, 0.25) is 0 Å². The second-order valence-electron chi connectivity index (χ2n) is 3.31. The molecule has 0 saturated heterocycles. The van der Waals surface area contributed by atoms with Gasteiger partial charge in [-0.2, -0.15) is 0 Å². The third-order valence-corrected chi connectivity index (χ3v) is 2.58. The van der Waals surface area contributed by atoms with Crippen LogP contribution < -0.4 is 0 Å². The number of aliphatic hydroxyl groups excluding tert-OH is 1. The second kappa shape index (κ2) is 3.20. The van der Waals surface area contributed by atoms with E-state index in [4.69, 9.17) is 0 Å². The first kappa shape index (κ1) is 7.80. The van der Waals surface area contributed by atoms with Crippen molar-refractivity contribution in [1.29, 1.82) is 0 Å². The van der Waals surface area contributed by atoms with Gasteiger partial charge in [-0.05, 0) is 31.1 Å². The van der Waals surface area contributed by atoms with Gasteiger partial charge in [0.25, 0.3) is 0 Å². The normalized spacial score (nSPS) is 40.0. The average molecular weight is 140 g/mol. The molecular formula is C9H16O. The molecule has 0 aromatic rings. The monoisotopic (exact) mass is 140 g/mol. The molecule has 1 nitrogen and oxygen atoms in total.